The highest BCUT2D eigenvalue weighted by atomic mass is 16.5. The molecule has 0 saturated heterocycles. The molecule has 0 aliphatic heterocycles. The number of hydrogen-bond donors (Lipinski definition) is 1. The summed E-state index contributed by atoms with van der Waals surface area (Å²) in [7, 11) is 0. The van der Waals surface area contributed by atoms with Gasteiger partial charge in [-0.05, 0) is 25.7 Å². The second-order valence-corrected chi connectivity index (χ2v) is 4.74. The molecule has 0 spiro atoms. The predicted molar refractivity (Wildman–Crippen MR) is 64.3 cm³/mol. The van der Waals surface area contributed by atoms with Crippen LogP contribution in [-0.4, -0.2) is 11.2 Å². The lowest BCUT2D eigenvalue weighted by molar-refractivity contribution is 0.307. The lowest BCUT2D eigenvalue weighted by Gasteiger charge is -2.25. The van der Waals surface area contributed by atoms with Crippen LogP contribution < -0.4 is 5.32 Å². The molecule has 0 bridgehead atoms. The molecule has 1 aromatic rings. The number of hydrogen-bond acceptors (Lipinski definition) is 3. The van der Waals surface area contributed by atoms with E-state index in [1.807, 2.05) is 0 Å². The Morgan fingerprint density at radius 2 is 2.19 bits per heavy atom. The van der Waals surface area contributed by atoms with Crippen molar-refractivity contribution in [2.45, 2.75) is 64.5 Å². The molecule has 0 aromatic carbocycles. The van der Waals surface area contributed by atoms with Gasteiger partial charge in [-0.2, -0.15) is 0 Å². The van der Waals surface area contributed by atoms with E-state index in [-0.39, 0.29) is 0 Å². The molecule has 1 saturated carbocycles. The summed E-state index contributed by atoms with van der Waals surface area (Å²) < 4.78 is 5.36. The van der Waals surface area contributed by atoms with Crippen LogP contribution >= 0.6 is 0 Å². The van der Waals surface area contributed by atoms with Crippen molar-refractivity contribution in [3.05, 3.63) is 17.5 Å². The van der Waals surface area contributed by atoms with Crippen LogP contribution in [0.5, 0.6) is 0 Å². The lowest BCUT2D eigenvalue weighted by atomic mass is 9.93. The van der Waals surface area contributed by atoms with Crippen molar-refractivity contribution in [3.63, 3.8) is 0 Å². The maximum absolute atomic E-state index is 5.36. The largest absolute Gasteiger partial charge is 0.360 e. The van der Waals surface area contributed by atoms with Crippen LogP contribution in [0.3, 0.4) is 0 Å². The molecule has 1 aromatic heterocycles. The highest BCUT2D eigenvalue weighted by molar-refractivity contribution is 5.10. The minimum Gasteiger partial charge on any atom is -0.360 e. The molecule has 0 amide bonds. The van der Waals surface area contributed by atoms with Crippen molar-refractivity contribution in [3.8, 4) is 0 Å². The summed E-state index contributed by atoms with van der Waals surface area (Å²) in [6.45, 7) is 5.24. The normalized spacial score (nSPS) is 16.7. The first-order chi connectivity index (χ1) is 7.83. The molecule has 1 aliphatic carbocycles. The average molecular weight is 222 g/mol. The van der Waals surface area contributed by atoms with E-state index >= 15 is 0 Å². The Morgan fingerprint density at radius 3 is 2.75 bits per heavy atom. The number of rotatable bonds is 6. The molecule has 0 unspecified atom stereocenters. The fourth-order valence-corrected chi connectivity index (χ4v) is 2.17. The zero-order valence-corrected chi connectivity index (χ0v) is 10.3. The lowest BCUT2D eigenvalue weighted by Crippen LogP contribution is -2.34. The van der Waals surface area contributed by atoms with Crippen molar-refractivity contribution in [2.75, 3.05) is 0 Å². The SMILES string of the molecule is CCC(CC)c1cc(CNC2CCC2)on1. The van der Waals surface area contributed by atoms with Crippen LogP contribution in [0.15, 0.2) is 10.6 Å². The van der Waals surface area contributed by atoms with Crippen molar-refractivity contribution in [1.82, 2.24) is 10.5 Å². The van der Waals surface area contributed by atoms with Gasteiger partial charge in [0, 0.05) is 18.0 Å². The highest BCUT2D eigenvalue weighted by Crippen LogP contribution is 2.23. The summed E-state index contributed by atoms with van der Waals surface area (Å²) in [6, 6.07) is 2.82. The maximum Gasteiger partial charge on any atom is 0.150 e. The monoisotopic (exact) mass is 222 g/mol. The van der Waals surface area contributed by atoms with Crippen molar-refractivity contribution in [2.24, 2.45) is 0 Å². The molecule has 2 rings (SSSR count). The standard InChI is InChI=1S/C13H22N2O/c1-3-10(4-2)13-8-12(16-15-13)9-14-11-6-5-7-11/h8,10-11,14H,3-7,9H2,1-2H3. The van der Waals surface area contributed by atoms with E-state index in [2.05, 4.69) is 30.4 Å². The van der Waals surface area contributed by atoms with E-state index < -0.39 is 0 Å². The first-order valence-corrected chi connectivity index (χ1v) is 6.52. The summed E-state index contributed by atoms with van der Waals surface area (Å²) in [5, 5.41) is 7.65. The minimum atomic E-state index is 0.557. The average Bonchev–Trinajstić information content (AvgIpc) is 2.66. The fourth-order valence-electron chi connectivity index (χ4n) is 2.17. The molecular formula is C13H22N2O. The topological polar surface area (TPSA) is 38.1 Å². The molecule has 90 valence electrons. The van der Waals surface area contributed by atoms with Gasteiger partial charge in [0.25, 0.3) is 0 Å². The van der Waals surface area contributed by atoms with Crippen molar-refractivity contribution in [1.29, 1.82) is 0 Å². The van der Waals surface area contributed by atoms with Gasteiger partial charge in [0.2, 0.25) is 0 Å². The second-order valence-electron chi connectivity index (χ2n) is 4.74. The molecular weight excluding hydrogens is 200 g/mol. The van der Waals surface area contributed by atoms with Crippen LogP contribution in [-0.2, 0) is 6.54 Å². The Balaban J connectivity index is 1.85. The Labute approximate surface area is 97.6 Å². The van der Waals surface area contributed by atoms with E-state index in [9.17, 15) is 0 Å². The third-order valence-corrected chi connectivity index (χ3v) is 3.65. The Morgan fingerprint density at radius 1 is 1.44 bits per heavy atom. The molecule has 1 fully saturated rings. The fraction of sp³-hybridized carbons (Fsp3) is 0.769. The molecule has 16 heavy (non-hydrogen) atoms. The highest BCUT2D eigenvalue weighted by Gasteiger charge is 2.18. The Kier molecular flexibility index (Phi) is 3.99. The molecule has 1 N–H and O–H groups in total. The number of nitrogens with zero attached hydrogens (tertiary/aromatic N) is 1. The molecule has 1 heterocycles. The van der Waals surface area contributed by atoms with Gasteiger partial charge >= 0.3 is 0 Å². The third kappa shape index (κ3) is 2.64. The van der Waals surface area contributed by atoms with Gasteiger partial charge < -0.3 is 9.84 Å². The van der Waals surface area contributed by atoms with Crippen molar-refractivity contribution >= 4 is 0 Å². The quantitative estimate of drug-likeness (QED) is 0.803. The van der Waals surface area contributed by atoms with Crippen molar-refractivity contribution < 1.29 is 4.52 Å². The molecule has 1 aliphatic rings. The first kappa shape index (κ1) is 11.6. The Bertz CT molecular complexity index is 313. The third-order valence-electron chi connectivity index (χ3n) is 3.65. The molecule has 0 atom stereocenters. The van der Waals surface area contributed by atoms with Gasteiger partial charge in [-0.1, -0.05) is 25.4 Å². The van der Waals surface area contributed by atoms with Crippen LogP contribution in [0, 0.1) is 0 Å². The summed E-state index contributed by atoms with van der Waals surface area (Å²) >= 11 is 0. The summed E-state index contributed by atoms with van der Waals surface area (Å²) in [5.41, 5.74) is 1.12. The van der Waals surface area contributed by atoms with Gasteiger partial charge in [-0.3, -0.25) is 0 Å². The molecule has 0 radical (unpaired) electrons. The summed E-state index contributed by atoms with van der Waals surface area (Å²) in [4.78, 5) is 0. The van der Waals surface area contributed by atoms with Gasteiger partial charge in [-0.25, -0.2) is 0 Å². The second kappa shape index (κ2) is 5.48. The number of aromatic nitrogens is 1. The van der Waals surface area contributed by atoms with Gasteiger partial charge in [0.1, 0.15) is 0 Å². The minimum absolute atomic E-state index is 0.557. The van der Waals surface area contributed by atoms with Gasteiger partial charge in [0.05, 0.1) is 12.2 Å². The zero-order chi connectivity index (χ0) is 11.4. The summed E-state index contributed by atoms with van der Waals surface area (Å²) in [5.74, 6) is 1.54. The molecule has 3 nitrogen and oxygen atoms in total. The van der Waals surface area contributed by atoms with Crippen LogP contribution in [0.25, 0.3) is 0 Å². The van der Waals surface area contributed by atoms with E-state index in [1.54, 1.807) is 0 Å². The first-order valence-electron chi connectivity index (χ1n) is 6.52. The van der Waals surface area contributed by atoms with E-state index in [1.165, 1.54) is 19.3 Å². The van der Waals surface area contributed by atoms with E-state index in [0.29, 0.717) is 12.0 Å². The van der Waals surface area contributed by atoms with Crippen LogP contribution in [0.2, 0.25) is 0 Å². The summed E-state index contributed by atoms with van der Waals surface area (Å²) in [6.07, 6.45) is 6.27. The molecule has 3 heteroatoms. The Hall–Kier alpha value is -0.830. The van der Waals surface area contributed by atoms with Gasteiger partial charge in [0.15, 0.2) is 5.76 Å². The zero-order valence-electron chi connectivity index (χ0n) is 10.3. The maximum atomic E-state index is 5.36. The smallest absolute Gasteiger partial charge is 0.150 e. The van der Waals surface area contributed by atoms with Crippen LogP contribution in [0.4, 0.5) is 0 Å². The predicted octanol–water partition coefficient (Wildman–Crippen LogP) is 3.22. The van der Waals surface area contributed by atoms with E-state index in [4.69, 9.17) is 4.52 Å². The number of nitrogens with one attached hydrogen (secondary N) is 1. The van der Waals surface area contributed by atoms with E-state index in [0.717, 1.165) is 30.8 Å². The van der Waals surface area contributed by atoms with Gasteiger partial charge in [-0.15, -0.1) is 0 Å². The van der Waals surface area contributed by atoms with Crippen LogP contribution in [0.1, 0.15) is 63.3 Å².